The summed E-state index contributed by atoms with van der Waals surface area (Å²) in [5, 5.41) is 0. The van der Waals surface area contributed by atoms with E-state index in [0.717, 1.165) is 5.56 Å². The van der Waals surface area contributed by atoms with Gasteiger partial charge in [0.15, 0.2) is 5.82 Å². The smallest absolute Gasteiger partial charge is 0.242 e. The number of nitrogens with zero attached hydrogens (tertiary/aromatic N) is 3. The van der Waals surface area contributed by atoms with E-state index in [0.29, 0.717) is 23.9 Å². The van der Waals surface area contributed by atoms with E-state index < -0.39 is 0 Å². The predicted molar refractivity (Wildman–Crippen MR) is 80.7 cm³/mol. The van der Waals surface area contributed by atoms with E-state index in [1.54, 1.807) is 6.07 Å². The van der Waals surface area contributed by atoms with Gasteiger partial charge in [-0.25, -0.2) is 9.37 Å². The molecule has 0 saturated heterocycles. The van der Waals surface area contributed by atoms with Crippen LogP contribution in [0, 0.1) is 5.82 Å². The lowest BCUT2D eigenvalue weighted by molar-refractivity contribution is 0.234. The van der Waals surface area contributed by atoms with E-state index in [1.807, 2.05) is 31.9 Å². The number of rotatable bonds is 5. The Morgan fingerprint density at radius 2 is 2.10 bits per heavy atom. The number of hydrogen-bond donors (Lipinski definition) is 1. The Balaban J connectivity index is 2.21. The standard InChI is InChI=1S/C15H19FN4O/c1-10(2)21-15-13(17)14(18-9-19-15)20(3)8-11-5-4-6-12(16)7-11/h4-7,9-10H,8,17H2,1-3H3. The highest BCUT2D eigenvalue weighted by molar-refractivity contribution is 5.67. The molecular formula is C15H19FN4O. The Hall–Kier alpha value is -2.37. The second kappa shape index (κ2) is 6.39. The number of hydrogen-bond acceptors (Lipinski definition) is 5. The molecule has 0 fully saturated rings. The molecule has 0 aliphatic heterocycles. The lowest BCUT2D eigenvalue weighted by Gasteiger charge is -2.21. The highest BCUT2D eigenvalue weighted by Crippen LogP contribution is 2.28. The van der Waals surface area contributed by atoms with E-state index in [-0.39, 0.29) is 11.9 Å². The average molecular weight is 290 g/mol. The van der Waals surface area contributed by atoms with Crippen LogP contribution in [0.4, 0.5) is 15.9 Å². The van der Waals surface area contributed by atoms with E-state index in [4.69, 9.17) is 10.5 Å². The topological polar surface area (TPSA) is 64.3 Å². The van der Waals surface area contributed by atoms with Gasteiger partial charge >= 0.3 is 0 Å². The van der Waals surface area contributed by atoms with Crippen molar-refractivity contribution in [2.75, 3.05) is 17.7 Å². The van der Waals surface area contributed by atoms with Crippen LogP contribution >= 0.6 is 0 Å². The molecule has 0 bridgehead atoms. The number of benzene rings is 1. The molecule has 6 heteroatoms. The van der Waals surface area contributed by atoms with Crippen LogP contribution in [0.2, 0.25) is 0 Å². The van der Waals surface area contributed by atoms with Gasteiger partial charge in [0.1, 0.15) is 17.8 Å². The number of nitrogen functional groups attached to an aromatic ring is 1. The van der Waals surface area contributed by atoms with Crippen LogP contribution in [0.1, 0.15) is 19.4 Å². The SMILES string of the molecule is CC(C)Oc1ncnc(N(C)Cc2cccc(F)c2)c1N. The van der Waals surface area contributed by atoms with E-state index in [1.165, 1.54) is 18.5 Å². The minimum absolute atomic E-state index is 0.0245. The third kappa shape index (κ3) is 3.81. The number of anilines is 2. The zero-order chi connectivity index (χ0) is 15.4. The summed E-state index contributed by atoms with van der Waals surface area (Å²) in [6, 6.07) is 6.42. The van der Waals surface area contributed by atoms with Gasteiger partial charge in [0.05, 0.1) is 6.10 Å². The summed E-state index contributed by atoms with van der Waals surface area (Å²) in [5.74, 6) is 0.659. The van der Waals surface area contributed by atoms with Gasteiger partial charge in [-0.1, -0.05) is 12.1 Å². The lowest BCUT2D eigenvalue weighted by atomic mass is 10.2. The molecule has 21 heavy (non-hydrogen) atoms. The van der Waals surface area contributed by atoms with E-state index in [9.17, 15) is 4.39 Å². The number of nitrogens with two attached hydrogens (primary N) is 1. The van der Waals surface area contributed by atoms with Gasteiger partial charge in [0.25, 0.3) is 0 Å². The van der Waals surface area contributed by atoms with Crippen LogP contribution in [-0.4, -0.2) is 23.1 Å². The van der Waals surface area contributed by atoms with Crippen LogP contribution in [0.25, 0.3) is 0 Å². The molecule has 1 aromatic heterocycles. The summed E-state index contributed by atoms with van der Waals surface area (Å²) in [7, 11) is 1.84. The van der Waals surface area contributed by atoms with Crippen LogP contribution in [-0.2, 0) is 6.54 Å². The molecular weight excluding hydrogens is 271 g/mol. The second-order valence-corrected chi connectivity index (χ2v) is 5.07. The Morgan fingerprint density at radius 3 is 2.76 bits per heavy atom. The van der Waals surface area contributed by atoms with Crippen molar-refractivity contribution < 1.29 is 9.13 Å². The van der Waals surface area contributed by atoms with Gasteiger partial charge in [-0.15, -0.1) is 0 Å². The molecule has 2 aromatic rings. The largest absolute Gasteiger partial charge is 0.473 e. The molecule has 0 spiro atoms. The van der Waals surface area contributed by atoms with E-state index in [2.05, 4.69) is 9.97 Å². The first-order valence-corrected chi connectivity index (χ1v) is 6.70. The summed E-state index contributed by atoms with van der Waals surface area (Å²) in [6.45, 7) is 4.29. The maximum atomic E-state index is 13.2. The molecule has 2 N–H and O–H groups in total. The third-order valence-corrected chi connectivity index (χ3v) is 2.84. The molecule has 1 aromatic carbocycles. The highest BCUT2D eigenvalue weighted by atomic mass is 19.1. The van der Waals surface area contributed by atoms with Crippen LogP contribution in [0.15, 0.2) is 30.6 Å². The van der Waals surface area contributed by atoms with Gasteiger partial charge in [0, 0.05) is 13.6 Å². The lowest BCUT2D eigenvalue weighted by Crippen LogP contribution is -2.20. The summed E-state index contributed by atoms with van der Waals surface area (Å²) in [5.41, 5.74) is 7.27. The molecule has 0 saturated carbocycles. The first kappa shape index (κ1) is 15.0. The van der Waals surface area contributed by atoms with Crippen molar-refractivity contribution in [2.45, 2.75) is 26.5 Å². The summed E-state index contributed by atoms with van der Waals surface area (Å²) < 4.78 is 18.8. The Bertz CT molecular complexity index is 618. The minimum Gasteiger partial charge on any atom is -0.473 e. The molecule has 112 valence electrons. The van der Waals surface area contributed by atoms with Crippen molar-refractivity contribution >= 4 is 11.5 Å². The zero-order valence-corrected chi connectivity index (χ0v) is 12.4. The van der Waals surface area contributed by atoms with Crippen molar-refractivity contribution in [1.29, 1.82) is 0 Å². The normalized spacial score (nSPS) is 10.7. The fraction of sp³-hybridized carbons (Fsp3) is 0.333. The second-order valence-electron chi connectivity index (χ2n) is 5.07. The van der Waals surface area contributed by atoms with Crippen molar-refractivity contribution in [3.63, 3.8) is 0 Å². The van der Waals surface area contributed by atoms with Gasteiger partial charge in [-0.05, 0) is 31.5 Å². The maximum Gasteiger partial charge on any atom is 0.242 e. The molecule has 0 aliphatic carbocycles. The van der Waals surface area contributed by atoms with Gasteiger partial charge < -0.3 is 15.4 Å². The van der Waals surface area contributed by atoms with Gasteiger partial charge in [-0.2, -0.15) is 4.98 Å². The van der Waals surface area contributed by atoms with Crippen LogP contribution in [0.5, 0.6) is 5.88 Å². The van der Waals surface area contributed by atoms with E-state index >= 15 is 0 Å². The zero-order valence-electron chi connectivity index (χ0n) is 12.4. The van der Waals surface area contributed by atoms with Crippen LogP contribution < -0.4 is 15.4 Å². The molecule has 0 aliphatic rings. The van der Waals surface area contributed by atoms with Crippen LogP contribution in [0.3, 0.4) is 0 Å². The fourth-order valence-electron chi connectivity index (χ4n) is 1.98. The first-order valence-electron chi connectivity index (χ1n) is 6.70. The molecule has 2 rings (SSSR count). The average Bonchev–Trinajstić information content (AvgIpc) is 2.40. The Morgan fingerprint density at radius 1 is 1.33 bits per heavy atom. The molecule has 0 amide bonds. The first-order chi connectivity index (χ1) is 9.97. The molecule has 0 radical (unpaired) electrons. The molecule has 0 unspecified atom stereocenters. The number of ether oxygens (including phenoxy) is 1. The Kier molecular flexibility index (Phi) is 4.57. The highest BCUT2D eigenvalue weighted by Gasteiger charge is 2.14. The maximum absolute atomic E-state index is 13.2. The Labute approximate surface area is 123 Å². The summed E-state index contributed by atoms with van der Waals surface area (Å²) in [4.78, 5) is 10.1. The molecule has 0 atom stereocenters. The van der Waals surface area contributed by atoms with Crippen molar-refractivity contribution in [1.82, 2.24) is 9.97 Å². The quantitative estimate of drug-likeness (QED) is 0.917. The number of halogens is 1. The minimum atomic E-state index is -0.264. The monoisotopic (exact) mass is 290 g/mol. The summed E-state index contributed by atoms with van der Waals surface area (Å²) in [6.07, 6.45) is 1.38. The fourth-order valence-corrected chi connectivity index (χ4v) is 1.98. The van der Waals surface area contributed by atoms with Crippen molar-refractivity contribution in [3.05, 3.63) is 42.0 Å². The number of aromatic nitrogens is 2. The predicted octanol–water partition coefficient (Wildman–Crippen LogP) is 2.62. The van der Waals surface area contributed by atoms with Gasteiger partial charge in [0.2, 0.25) is 5.88 Å². The third-order valence-electron chi connectivity index (χ3n) is 2.84. The molecule has 1 heterocycles. The summed E-state index contributed by atoms with van der Waals surface area (Å²) >= 11 is 0. The van der Waals surface area contributed by atoms with Gasteiger partial charge in [-0.3, -0.25) is 0 Å². The molecule has 5 nitrogen and oxygen atoms in total. The van der Waals surface area contributed by atoms with Crippen molar-refractivity contribution in [2.24, 2.45) is 0 Å². The van der Waals surface area contributed by atoms with Crippen molar-refractivity contribution in [3.8, 4) is 5.88 Å².